The van der Waals surface area contributed by atoms with E-state index in [0.717, 1.165) is 6.42 Å². The van der Waals surface area contributed by atoms with Gasteiger partial charge in [0.25, 0.3) is 0 Å². The molecule has 0 aliphatic carbocycles. The Balaban J connectivity index is 1.78. The van der Waals surface area contributed by atoms with Gasteiger partial charge >= 0.3 is 11.8 Å². The number of nitrogens with zero attached hydrogens (tertiary/aromatic N) is 4. The molecular weight excluding hydrogens is 325 g/mol. The van der Waals surface area contributed by atoms with Crippen LogP contribution in [0.4, 0.5) is 10.2 Å². The minimum Gasteiger partial charge on any atom is -0.327 e. The van der Waals surface area contributed by atoms with E-state index < -0.39 is 11.8 Å². The van der Waals surface area contributed by atoms with Gasteiger partial charge in [-0.05, 0) is 30.5 Å². The summed E-state index contributed by atoms with van der Waals surface area (Å²) in [7, 11) is 1.56. The number of likely N-dealkylation sites (tertiary alicyclic amines) is 1. The summed E-state index contributed by atoms with van der Waals surface area (Å²) in [5.41, 5.74) is 0.837. The molecule has 1 N–H and O–H groups in total. The zero-order chi connectivity index (χ0) is 18.0. The maximum atomic E-state index is 13.5. The van der Waals surface area contributed by atoms with Crippen molar-refractivity contribution in [3.05, 3.63) is 47.4 Å². The first-order valence-corrected chi connectivity index (χ1v) is 7.80. The quantitative estimate of drug-likeness (QED) is 0.842. The van der Waals surface area contributed by atoms with Crippen molar-refractivity contribution in [2.45, 2.75) is 18.9 Å². The van der Waals surface area contributed by atoms with Crippen molar-refractivity contribution >= 4 is 17.6 Å². The summed E-state index contributed by atoms with van der Waals surface area (Å²) >= 11 is 0. The third-order valence-electron chi connectivity index (χ3n) is 4.23. The molecule has 2 amide bonds. The van der Waals surface area contributed by atoms with Crippen LogP contribution in [0.25, 0.3) is 0 Å². The van der Waals surface area contributed by atoms with E-state index in [-0.39, 0.29) is 23.2 Å². The molecular formula is C17H16FN5O2. The van der Waals surface area contributed by atoms with Crippen LogP contribution in [0.1, 0.15) is 30.0 Å². The first-order chi connectivity index (χ1) is 12.0. The van der Waals surface area contributed by atoms with E-state index in [2.05, 4.69) is 10.4 Å². The van der Waals surface area contributed by atoms with Gasteiger partial charge in [0.05, 0.1) is 12.2 Å². The van der Waals surface area contributed by atoms with Crippen molar-refractivity contribution in [2.24, 2.45) is 7.05 Å². The molecule has 7 nitrogen and oxygen atoms in total. The van der Waals surface area contributed by atoms with Crippen molar-refractivity contribution < 1.29 is 14.0 Å². The summed E-state index contributed by atoms with van der Waals surface area (Å²) in [6, 6.07) is 7.61. The number of rotatable bonds is 2. The highest BCUT2D eigenvalue weighted by Gasteiger charge is 2.34. The number of carbonyl (C=O) groups is 2. The third-order valence-corrected chi connectivity index (χ3v) is 4.23. The second-order valence-corrected chi connectivity index (χ2v) is 5.81. The van der Waals surface area contributed by atoms with Crippen LogP contribution in [0.15, 0.2) is 30.5 Å². The van der Waals surface area contributed by atoms with E-state index in [0.29, 0.717) is 18.5 Å². The Morgan fingerprint density at radius 2 is 2.24 bits per heavy atom. The van der Waals surface area contributed by atoms with E-state index >= 15 is 0 Å². The lowest BCUT2D eigenvalue weighted by Gasteiger charge is -2.24. The first kappa shape index (κ1) is 16.6. The Morgan fingerprint density at radius 1 is 1.44 bits per heavy atom. The molecule has 128 valence electrons. The van der Waals surface area contributed by atoms with Crippen molar-refractivity contribution in [2.75, 3.05) is 11.9 Å². The fraction of sp³-hybridized carbons (Fsp3) is 0.294. The smallest absolute Gasteiger partial charge is 0.315 e. The highest BCUT2D eigenvalue weighted by Crippen LogP contribution is 2.32. The first-order valence-electron chi connectivity index (χ1n) is 7.80. The summed E-state index contributed by atoms with van der Waals surface area (Å²) in [6.45, 7) is 0.421. The number of halogens is 1. The standard InChI is InChI=1S/C17H16FN5O2/c1-22-15(12(9-19)10-20-22)21-16(24)17(25)23-7-3-6-14(23)11-4-2-5-13(18)8-11/h2,4-5,8,10,14H,3,6-7H2,1H3,(H,21,24)/t14-/m0/s1. The highest BCUT2D eigenvalue weighted by atomic mass is 19.1. The van der Waals surface area contributed by atoms with Crippen LogP contribution in [-0.2, 0) is 16.6 Å². The van der Waals surface area contributed by atoms with Gasteiger partial charge in [-0.1, -0.05) is 12.1 Å². The van der Waals surface area contributed by atoms with Gasteiger partial charge in [0.2, 0.25) is 0 Å². The lowest BCUT2D eigenvalue weighted by Crippen LogP contribution is -2.39. The van der Waals surface area contributed by atoms with Crippen molar-refractivity contribution in [1.82, 2.24) is 14.7 Å². The van der Waals surface area contributed by atoms with Gasteiger partial charge in [0.15, 0.2) is 0 Å². The molecule has 0 radical (unpaired) electrons. The van der Waals surface area contributed by atoms with Crippen LogP contribution in [0.2, 0.25) is 0 Å². The molecule has 2 aromatic rings. The number of benzene rings is 1. The largest absolute Gasteiger partial charge is 0.327 e. The van der Waals surface area contributed by atoms with Crippen LogP contribution < -0.4 is 5.32 Å². The van der Waals surface area contributed by atoms with Gasteiger partial charge in [-0.3, -0.25) is 14.3 Å². The molecule has 0 unspecified atom stereocenters. The van der Waals surface area contributed by atoms with Crippen LogP contribution >= 0.6 is 0 Å². The molecule has 8 heteroatoms. The van der Waals surface area contributed by atoms with Crippen LogP contribution in [0.5, 0.6) is 0 Å². The molecule has 1 saturated heterocycles. The van der Waals surface area contributed by atoms with E-state index in [1.165, 1.54) is 27.9 Å². The summed E-state index contributed by atoms with van der Waals surface area (Å²) in [5, 5.41) is 15.4. The van der Waals surface area contributed by atoms with E-state index in [4.69, 9.17) is 5.26 Å². The summed E-state index contributed by atoms with van der Waals surface area (Å²) in [4.78, 5) is 26.3. The number of hydrogen-bond donors (Lipinski definition) is 1. The predicted molar refractivity (Wildman–Crippen MR) is 86.6 cm³/mol. The molecule has 25 heavy (non-hydrogen) atoms. The molecule has 1 aromatic heterocycles. The van der Waals surface area contributed by atoms with Gasteiger partial charge < -0.3 is 10.2 Å². The second kappa shape index (κ2) is 6.73. The Hall–Kier alpha value is -3.21. The minimum absolute atomic E-state index is 0.169. The molecule has 0 saturated carbocycles. The molecule has 1 aromatic carbocycles. The summed E-state index contributed by atoms with van der Waals surface area (Å²) < 4.78 is 14.8. The van der Waals surface area contributed by atoms with Crippen LogP contribution in [0.3, 0.4) is 0 Å². The number of amides is 2. The maximum absolute atomic E-state index is 13.5. The number of carbonyl (C=O) groups excluding carboxylic acids is 2. The van der Waals surface area contributed by atoms with Gasteiger partial charge in [-0.2, -0.15) is 10.4 Å². The van der Waals surface area contributed by atoms with Crippen molar-refractivity contribution in [1.29, 1.82) is 5.26 Å². The lowest BCUT2D eigenvalue weighted by atomic mass is 10.0. The second-order valence-electron chi connectivity index (χ2n) is 5.81. The molecule has 1 fully saturated rings. The van der Waals surface area contributed by atoms with Crippen molar-refractivity contribution in [3.63, 3.8) is 0 Å². The topological polar surface area (TPSA) is 91.0 Å². The highest BCUT2D eigenvalue weighted by molar-refractivity contribution is 6.39. The Kier molecular flexibility index (Phi) is 4.48. The summed E-state index contributed by atoms with van der Waals surface area (Å²) in [5.74, 6) is -1.77. The van der Waals surface area contributed by atoms with E-state index in [1.54, 1.807) is 19.2 Å². The third kappa shape index (κ3) is 3.21. The molecule has 0 bridgehead atoms. The number of aryl methyl sites for hydroxylation is 1. The number of nitriles is 1. The van der Waals surface area contributed by atoms with E-state index in [1.807, 2.05) is 6.07 Å². The fourth-order valence-corrected chi connectivity index (χ4v) is 3.03. The van der Waals surface area contributed by atoms with Crippen LogP contribution in [-0.4, -0.2) is 33.0 Å². The van der Waals surface area contributed by atoms with Gasteiger partial charge in [0.1, 0.15) is 23.3 Å². The Morgan fingerprint density at radius 3 is 2.96 bits per heavy atom. The monoisotopic (exact) mass is 341 g/mol. The Bertz CT molecular complexity index is 870. The van der Waals surface area contributed by atoms with Crippen molar-refractivity contribution in [3.8, 4) is 6.07 Å². The number of hydrogen-bond acceptors (Lipinski definition) is 4. The molecule has 0 spiro atoms. The number of anilines is 1. The normalized spacial score (nSPS) is 16.5. The van der Waals surface area contributed by atoms with Gasteiger partial charge in [0, 0.05) is 13.6 Å². The SMILES string of the molecule is Cn1ncc(C#N)c1NC(=O)C(=O)N1CCC[C@H]1c1cccc(F)c1. The minimum atomic E-state index is -0.844. The predicted octanol–water partition coefficient (Wildman–Crippen LogP) is 1.73. The zero-order valence-electron chi connectivity index (χ0n) is 13.6. The average Bonchev–Trinajstić information content (AvgIpc) is 3.22. The van der Waals surface area contributed by atoms with E-state index in [9.17, 15) is 14.0 Å². The molecule has 1 atom stereocenters. The molecule has 2 heterocycles. The van der Waals surface area contributed by atoms with Gasteiger partial charge in [-0.15, -0.1) is 0 Å². The van der Waals surface area contributed by atoms with Gasteiger partial charge in [-0.25, -0.2) is 4.39 Å². The average molecular weight is 341 g/mol. The van der Waals surface area contributed by atoms with Crippen LogP contribution in [0, 0.1) is 17.1 Å². The molecule has 3 rings (SSSR count). The number of aromatic nitrogens is 2. The number of nitrogens with one attached hydrogen (secondary N) is 1. The lowest BCUT2D eigenvalue weighted by molar-refractivity contribution is -0.143. The fourth-order valence-electron chi connectivity index (χ4n) is 3.03. The molecule has 1 aliphatic rings. The zero-order valence-corrected chi connectivity index (χ0v) is 13.6. The summed E-state index contributed by atoms with van der Waals surface area (Å²) in [6.07, 6.45) is 2.71. The maximum Gasteiger partial charge on any atom is 0.315 e. The Labute approximate surface area is 143 Å². The molecule has 1 aliphatic heterocycles.